The Bertz CT molecular complexity index is 121. The molecule has 0 radical (unpaired) electrons. The van der Waals surface area contributed by atoms with Crippen molar-refractivity contribution in [1.82, 2.24) is 4.90 Å². The van der Waals surface area contributed by atoms with Crippen LogP contribution in [0.1, 0.15) is 20.8 Å². The van der Waals surface area contributed by atoms with Gasteiger partial charge in [0.2, 0.25) is 0 Å². The summed E-state index contributed by atoms with van der Waals surface area (Å²) in [5.41, 5.74) is 0. The quantitative estimate of drug-likeness (QED) is 0.500. The van der Waals surface area contributed by atoms with Crippen LogP contribution in [0.15, 0.2) is 0 Å². The second-order valence-corrected chi connectivity index (χ2v) is 6.24. The van der Waals surface area contributed by atoms with Crippen molar-refractivity contribution in [1.29, 1.82) is 0 Å². The molecule has 0 spiro atoms. The molecule has 4 nitrogen and oxygen atoms in total. The molecule has 0 aliphatic heterocycles. The summed E-state index contributed by atoms with van der Waals surface area (Å²) in [5.74, 6) is 0. The van der Waals surface area contributed by atoms with E-state index >= 15 is 0 Å². The SMILES string of the molecule is CCN(CC)CC.OP(O)(O)=[Se]. The fraction of sp³-hybridized carbons (Fsp3) is 1.00. The third-order valence-corrected chi connectivity index (χ3v) is 1.34. The van der Waals surface area contributed by atoms with Gasteiger partial charge < -0.3 is 4.90 Å². The molecular formula is C6H18NO3PSe. The minimum absolute atomic E-state index is 1.19. The topological polar surface area (TPSA) is 63.9 Å². The summed E-state index contributed by atoms with van der Waals surface area (Å²) in [6.45, 7) is 10.1. The molecule has 0 aromatic carbocycles. The molecule has 0 aromatic heterocycles. The average Bonchev–Trinajstić information content (AvgIpc) is 1.88. The van der Waals surface area contributed by atoms with Crippen LogP contribution in [0.3, 0.4) is 0 Å². The van der Waals surface area contributed by atoms with Crippen LogP contribution in [-0.2, 0) is 0 Å². The number of hydrogen-bond acceptors (Lipinski definition) is 4. The van der Waals surface area contributed by atoms with E-state index in [0.29, 0.717) is 0 Å². The molecule has 6 heteroatoms. The second-order valence-electron chi connectivity index (χ2n) is 2.13. The summed E-state index contributed by atoms with van der Waals surface area (Å²) in [6.07, 6.45) is -3.51. The molecule has 0 aliphatic rings. The first-order valence-corrected chi connectivity index (χ1v) is 7.72. The average molecular weight is 262 g/mol. The van der Waals surface area contributed by atoms with Gasteiger partial charge in [-0.25, -0.2) is 0 Å². The van der Waals surface area contributed by atoms with Crippen molar-refractivity contribution >= 4 is 21.3 Å². The van der Waals surface area contributed by atoms with Gasteiger partial charge in [-0.15, -0.1) is 0 Å². The molecule has 0 amide bonds. The number of rotatable bonds is 3. The van der Waals surface area contributed by atoms with Gasteiger partial charge in [-0.05, 0) is 19.6 Å². The Balaban J connectivity index is 0. The summed E-state index contributed by atoms with van der Waals surface area (Å²) < 4.78 is 0. The van der Waals surface area contributed by atoms with Crippen LogP contribution in [0.5, 0.6) is 0 Å². The predicted octanol–water partition coefficient (Wildman–Crippen LogP) is 0.157. The molecule has 0 aromatic rings. The third-order valence-electron chi connectivity index (χ3n) is 1.34. The van der Waals surface area contributed by atoms with E-state index in [0.717, 1.165) is 0 Å². The van der Waals surface area contributed by atoms with Crippen LogP contribution in [0.25, 0.3) is 0 Å². The molecule has 0 rings (SSSR count). The van der Waals surface area contributed by atoms with E-state index < -0.39 is 6.19 Å². The summed E-state index contributed by atoms with van der Waals surface area (Å²) >= 11 is 1.76. The van der Waals surface area contributed by atoms with Crippen molar-refractivity contribution in [2.75, 3.05) is 19.6 Å². The Morgan fingerprint density at radius 2 is 1.17 bits per heavy atom. The second kappa shape index (κ2) is 8.39. The van der Waals surface area contributed by atoms with Crippen molar-refractivity contribution in [2.45, 2.75) is 20.8 Å². The molecule has 0 saturated carbocycles. The van der Waals surface area contributed by atoms with Gasteiger partial charge in [0.15, 0.2) is 0 Å². The zero-order valence-electron chi connectivity index (χ0n) is 7.77. The fourth-order valence-corrected chi connectivity index (χ4v) is 0.671. The Morgan fingerprint density at radius 3 is 1.17 bits per heavy atom. The summed E-state index contributed by atoms with van der Waals surface area (Å²) in [7, 11) is 0. The standard InChI is InChI=1S/C6H15N.H3O3PSe/c1-4-7(5-2)6-3;1-4(2,3)5/h4-6H2,1-3H3;(H3,1,2,3,5). The predicted molar refractivity (Wildman–Crippen MR) is 52.8 cm³/mol. The monoisotopic (exact) mass is 263 g/mol. The molecule has 0 unspecified atom stereocenters. The third kappa shape index (κ3) is 22.4. The van der Waals surface area contributed by atoms with Gasteiger partial charge in [0.1, 0.15) is 0 Å². The van der Waals surface area contributed by atoms with Crippen LogP contribution in [-0.4, -0.2) is 54.3 Å². The number of nitrogens with zero attached hydrogens (tertiary/aromatic N) is 1. The molecule has 0 saturated heterocycles. The molecule has 0 heterocycles. The van der Waals surface area contributed by atoms with Crippen LogP contribution < -0.4 is 0 Å². The van der Waals surface area contributed by atoms with E-state index in [-0.39, 0.29) is 0 Å². The summed E-state index contributed by atoms with van der Waals surface area (Å²) in [4.78, 5) is 25.4. The van der Waals surface area contributed by atoms with E-state index in [4.69, 9.17) is 14.7 Å². The molecule has 0 aliphatic carbocycles. The van der Waals surface area contributed by atoms with Crippen molar-refractivity contribution in [3.63, 3.8) is 0 Å². The first-order chi connectivity index (χ1) is 5.35. The Hall–Kier alpha value is 0.789. The Kier molecular flexibility index (Phi) is 10.7. The Morgan fingerprint density at radius 1 is 1.00 bits per heavy atom. The van der Waals surface area contributed by atoms with Gasteiger partial charge in [0.05, 0.1) is 0 Å². The van der Waals surface area contributed by atoms with Crippen LogP contribution in [0, 0.1) is 0 Å². The molecule has 3 N–H and O–H groups in total. The van der Waals surface area contributed by atoms with Crippen molar-refractivity contribution in [2.24, 2.45) is 0 Å². The van der Waals surface area contributed by atoms with Gasteiger partial charge in [-0.3, -0.25) is 0 Å². The van der Waals surface area contributed by atoms with Crippen molar-refractivity contribution in [3.05, 3.63) is 0 Å². The van der Waals surface area contributed by atoms with Gasteiger partial charge in [0.25, 0.3) is 0 Å². The Labute approximate surface area is 81.7 Å². The maximum atomic E-state index is 7.69. The molecule has 0 atom stereocenters. The van der Waals surface area contributed by atoms with E-state index in [1.165, 1.54) is 19.6 Å². The van der Waals surface area contributed by atoms with Gasteiger partial charge >= 0.3 is 36.0 Å². The molecule has 12 heavy (non-hydrogen) atoms. The first-order valence-electron chi connectivity index (χ1n) is 3.85. The molecule has 76 valence electrons. The fourth-order valence-electron chi connectivity index (χ4n) is 0.671. The summed E-state index contributed by atoms with van der Waals surface area (Å²) in [6, 6.07) is 0. The van der Waals surface area contributed by atoms with Crippen molar-refractivity contribution in [3.8, 4) is 0 Å². The normalized spacial score (nSPS) is 10.9. The van der Waals surface area contributed by atoms with Gasteiger partial charge in [0, 0.05) is 0 Å². The molecular weight excluding hydrogens is 244 g/mol. The maximum absolute atomic E-state index is 7.69. The van der Waals surface area contributed by atoms with E-state index in [1.807, 2.05) is 0 Å². The minimum atomic E-state index is -3.51. The number of hydrogen-bond donors (Lipinski definition) is 3. The van der Waals surface area contributed by atoms with Crippen LogP contribution in [0.2, 0.25) is 0 Å². The van der Waals surface area contributed by atoms with Crippen LogP contribution in [0.4, 0.5) is 0 Å². The van der Waals surface area contributed by atoms with E-state index in [2.05, 4.69) is 25.7 Å². The van der Waals surface area contributed by atoms with E-state index in [9.17, 15) is 0 Å². The van der Waals surface area contributed by atoms with Gasteiger partial charge in [-0.1, -0.05) is 20.8 Å². The van der Waals surface area contributed by atoms with Crippen molar-refractivity contribution < 1.29 is 14.7 Å². The zero-order chi connectivity index (χ0) is 10.2. The first kappa shape index (κ1) is 15.3. The summed E-state index contributed by atoms with van der Waals surface area (Å²) in [5, 5.41) is 0. The zero-order valence-corrected chi connectivity index (χ0v) is 10.4. The van der Waals surface area contributed by atoms with Crippen LogP contribution >= 0.6 is 6.19 Å². The molecule has 0 fully saturated rings. The van der Waals surface area contributed by atoms with Gasteiger partial charge in [-0.2, -0.15) is 0 Å². The van der Waals surface area contributed by atoms with E-state index in [1.54, 1.807) is 15.1 Å². The molecule has 0 bridgehead atoms.